The zero-order chi connectivity index (χ0) is 14.3. The molecule has 0 spiro atoms. The molecule has 0 aromatic rings. The molecule has 0 aromatic heterocycles. The van der Waals surface area contributed by atoms with Crippen LogP contribution in [0.2, 0.25) is 0 Å². The molecule has 0 aliphatic carbocycles. The van der Waals surface area contributed by atoms with Crippen LogP contribution in [-0.4, -0.2) is 43.8 Å². The SMILES string of the molecule is CC(C)OC(=O)CCNC(=O)C(N)C1CCOCC1. The maximum atomic E-state index is 11.8. The number of hydrogen-bond donors (Lipinski definition) is 2. The van der Waals surface area contributed by atoms with E-state index in [9.17, 15) is 9.59 Å². The van der Waals surface area contributed by atoms with Gasteiger partial charge in [-0.3, -0.25) is 9.59 Å². The average molecular weight is 272 g/mol. The Morgan fingerprint density at radius 1 is 1.37 bits per heavy atom. The summed E-state index contributed by atoms with van der Waals surface area (Å²) >= 11 is 0. The lowest BCUT2D eigenvalue weighted by atomic mass is 9.92. The van der Waals surface area contributed by atoms with Crippen LogP contribution < -0.4 is 11.1 Å². The summed E-state index contributed by atoms with van der Waals surface area (Å²) in [5.74, 6) is -0.351. The standard InChI is InChI=1S/C13H24N2O4/c1-9(2)19-11(16)3-6-15-13(17)12(14)10-4-7-18-8-5-10/h9-10,12H,3-8,14H2,1-2H3,(H,15,17). The molecule has 1 rings (SSSR count). The van der Waals surface area contributed by atoms with Crippen molar-refractivity contribution >= 4 is 11.9 Å². The first kappa shape index (κ1) is 15.9. The first-order valence-electron chi connectivity index (χ1n) is 6.81. The van der Waals surface area contributed by atoms with E-state index in [-0.39, 0.29) is 36.9 Å². The van der Waals surface area contributed by atoms with Crippen molar-refractivity contribution < 1.29 is 19.1 Å². The zero-order valence-electron chi connectivity index (χ0n) is 11.7. The minimum absolute atomic E-state index is 0.132. The largest absolute Gasteiger partial charge is 0.463 e. The van der Waals surface area contributed by atoms with Gasteiger partial charge in [-0.2, -0.15) is 0 Å². The highest BCUT2D eigenvalue weighted by atomic mass is 16.5. The predicted molar refractivity (Wildman–Crippen MR) is 70.4 cm³/mol. The zero-order valence-corrected chi connectivity index (χ0v) is 11.7. The lowest BCUT2D eigenvalue weighted by molar-refractivity contribution is -0.147. The maximum absolute atomic E-state index is 11.8. The van der Waals surface area contributed by atoms with Crippen molar-refractivity contribution in [3.63, 3.8) is 0 Å². The Hall–Kier alpha value is -1.14. The Kier molecular flexibility index (Phi) is 6.80. The first-order valence-corrected chi connectivity index (χ1v) is 6.81. The number of rotatable bonds is 6. The Labute approximate surface area is 114 Å². The number of carbonyl (C=O) groups excluding carboxylic acids is 2. The van der Waals surface area contributed by atoms with Gasteiger partial charge >= 0.3 is 5.97 Å². The molecule has 1 aliphatic rings. The molecule has 1 unspecified atom stereocenters. The van der Waals surface area contributed by atoms with Gasteiger partial charge in [-0.05, 0) is 32.6 Å². The molecular formula is C13H24N2O4. The van der Waals surface area contributed by atoms with E-state index in [1.54, 1.807) is 13.8 Å². The third-order valence-corrected chi connectivity index (χ3v) is 3.07. The molecule has 1 amide bonds. The summed E-state index contributed by atoms with van der Waals surface area (Å²) in [5.41, 5.74) is 5.91. The smallest absolute Gasteiger partial charge is 0.307 e. The van der Waals surface area contributed by atoms with Crippen LogP contribution in [0.4, 0.5) is 0 Å². The van der Waals surface area contributed by atoms with Gasteiger partial charge in [0, 0.05) is 19.8 Å². The van der Waals surface area contributed by atoms with Gasteiger partial charge in [0.1, 0.15) is 0 Å². The third-order valence-electron chi connectivity index (χ3n) is 3.07. The molecule has 1 fully saturated rings. The van der Waals surface area contributed by atoms with Crippen molar-refractivity contribution in [1.29, 1.82) is 0 Å². The molecule has 19 heavy (non-hydrogen) atoms. The highest BCUT2D eigenvalue weighted by Crippen LogP contribution is 2.17. The summed E-state index contributed by atoms with van der Waals surface area (Å²) in [7, 11) is 0. The molecule has 0 radical (unpaired) electrons. The summed E-state index contributed by atoms with van der Waals surface area (Å²) < 4.78 is 10.2. The molecule has 0 bridgehead atoms. The van der Waals surface area contributed by atoms with Gasteiger partial charge in [0.25, 0.3) is 0 Å². The fraction of sp³-hybridized carbons (Fsp3) is 0.846. The normalized spacial score (nSPS) is 18.1. The van der Waals surface area contributed by atoms with Crippen molar-refractivity contribution in [1.82, 2.24) is 5.32 Å². The molecule has 110 valence electrons. The lowest BCUT2D eigenvalue weighted by Crippen LogP contribution is -2.47. The van der Waals surface area contributed by atoms with Crippen LogP contribution >= 0.6 is 0 Å². The molecule has 6 nitrogen and oxygen atoms in total. The van der Waals surface area contributed by atoms with E-state index in [4.69, 9.17) is 15.2 Å². The number of esters is 1. The van der Waals surface area contributed by atoms with Gasteiger partial charge in [0.05, 0.1) is 18.6 Å². The van der Waals surface area contributed by atoms with E-state index >= 15 is 0 Å². The van der Waals surface area contributed by atoms with Crippen LogP contribution in [0.25, 0.3) is 0 Å². The summed E-state index contributed by atoms with van der Waals surface area (Å²) in [4.78, 5) is 23.1. The van der Waals surface area contributed by atoms with Crippen LogP contribution in [0.3, 0.4) is 0 Å². The number of nitrogens with two attached hydrogens (primary N) is 1. The van der Waals surface area contributed by atoms with E-state index in [0.29, 0.717) is 13.2 Å². The number of ether oxygens (including phenoxy) is 2. The molecule has 3 N–H and O–H groups in total. The minimum atomic E-state index is -0.523. The molecule has 0 saturated carbocycles. The monoisotopic (exact) mass is 272 g/mol. The quantitative estimate of drug-likeness (QED) is 0.674. The van der Waals surface area contributed by atoms with Crippen LogP contribution in [0.1, 0.15) is 33.1 Å². The van der Waals surface area contributed by atoms with Crippen molar-refractivity contribution in [2.24, 2.45) is 11.7 Å². The molecule has 6 heteroatoms. The Morgan fingerprint density at radius 3 is 2.58 bits per heavy atom. The predicted octanol–water partition coefficient (Wildman–Crippen LogP) is 0.198. The van der Waals surface area contributed by atoms with Gasteiger partial charge in [-0.25, -0.2) is 0 Å². The topological polar surface area (TPSA) is 90.7 Å². The third kappa shape index (κ3) is 6.02. The van der Waals surface area contributed by atoms with Crippen LogP contribution in [0.5, 0.6) is 0 Å². The van der Waals surface area contributed by atoms with E-state index in [1.807, 2.05) is 0 Å². The van der Waals surface area contributed by atoms with Crippen LogP contribution in [-0.2, 0) is 19.1 Å². The summed E-state index contributed by atoms with van der Waals surface area (Å²) in [6.45, 7) is 5.16. The average Bonchev–Trinajstić information content (AvgIpc) is 2.37. The molecular weight excluding hydrogens is 248 g/mol. The Morgan fingerprint density at radius 2 is 2.00 bits per heavy atom. The number of amides is 1. The molecule has 1 heterocycles. The number of carbonyl (C=O) groups is 2. The van der Waals surface area contributed by atoms with Crippen molar-refractivity contribution in [2.75, 3.05) is 19.8 Å². The Bertz CT molecular complexity index is 301. The van der Waals surface area contributed by atoms with Crippen molar-refractivity contribution in [2.45, 2.75) is 45.3 Å². The van der Waals surface area contributed by atoms with Gasteiger partial charge in [0.2, 0.25) is 5.91 Å². The second-order valence-corrected chi connectivity index (χ2v) is 5.06. The fourth-order valence-electron chi connectivity index (χ4n) is 2.02. The Balaban J connectivity index is 2.21. The molecule has 0 aromatic carbocycles. The van der Waals surface area contributed by atoms with Crippen LogP contribution in [0, 0.1) is 5.92 Å². The molecule has 1 saturated heterocycles. The van der Waals surface area contributed by atoms with E-state index in [0.717, 1.165) is 12.8 Å². The second kappa shape index (κ2) is 8.12. The van der Waals surface area contributed by atoms with Gasteiger partial charge in [0.15, 0.2) is 0 Å². The van der Waals surface area contributed by atoms with E-state index in [2.05, 4.69) is 5.32 Å². The first-order chi connectivity index (χ1) is 9.00. The molecule has 1 atom stereocenters. The van der Waals surface area contributed by atoms with E-state index in [1.165, 1.54) is 0 Å². The molecule has 1 aliphatic heterocycles. The minimum Gasteiger partial charge on any atom is -0.463 e. The number of hydrogen-bond acceptors (Lipinski definition) is 5. The second-order valence-electron chi connectivity index (χ2n) is 5.06. The summed E-state index contributed by atoms with van der Waals surface area (Å²) in [5, 5.41) is 2.68. The van der Waals surface area contributed by atoms with Gasteiger partial charge in [-0.15, -0.1) is 0 Å². The highest BCUT2D eigenvalue weighted by molar-refractivity contribution is 5.82. The maximum Gasteiger partial charge on any atom is 0.307 e. The van der Waals surface area contributed by atoms with Crippen molar-refractivity contribution in [3.05, 3.63) is 0 Å². The van der Waals surface area contributed by atoms with Crippen LogP contribution in [0.15, 0.2) is 0 Å². The number of nitrogens with one attached hydrogen (secondary N) is 1. The lowest BCUT2D eigenvalue weighted by Gasteiger charge is -2.26. The van der Waals surface area contributed by atoms with Gasteiger partial charge < -0.3 is 20.5 Å². The van der Waals surface area contributed by atoms with Gasteiger partial charge in [-0.1, -0.05) is 0 Å². The highest BCUT2D eigenvalue weighted by Gasteiger charge is 2.26. The summed E-state index contributed by atoms with van der Waals surface area (Å²) in [6.07, 6.45) is 1.66. The summed E-state index contributed by atoms with van der Waals surface area (Å²) in [6, 6.07) is -0.523. The van der Waals surface area contributed by atoms with Crippen molar-refractivity contribution in [3.8, 4) is 0 Å². The fourth-order valence-corrected chi connectivity index (χ4v) is 2.02. The van der Waals surface area contributed by atoms with E-state index < -0.39 is 6.04 Å².